The van der Waals surface area contributed by atoms with E-state index in [4.69, 9.17) is 0 Å². The van der Waals surface area contributed by atoms with E-state index in [0.29, 0.717) is 16.8 Å². The highest BCUT2D eigenvalue weighted by Crippen LogP contribution is 2.21. The standard InChI is InChI=1S/C17H18BrN3O2/c1-17(2,3)21-16(23)12-8-11(9-19-10-12)15(22)20-14-7-5-4-6-13(14)18/h4-10H,1-3H3,(H,20,22)(H,21,23). The number of halogens is 1. The molecule has 1 aromatic carbocycles. The molecular formula is C17H18BrN3O2. The molecule has 0 saturated heterocycles. The number of amides is 2. The summed E-state index contributed by atoms with van der Waals surface area (Å²) in [4.78, 5) is 28.5. The van der Waals surface area contributed by atoms with Crippen molar-refractivity contribution in [3.63, 3.8) is 0 Å². The Balaban J connectivity index is 2.18. The minimum Gasteiger partial charge on any atom is -0.347 e. The first-order valence-corrected chi connectivity index (χ1v) is 7.89. The Morgan fingerprint density at radius 2 is 1.65 bits per heavy atom. The fourth-order valence-corrected chi connectivity index (χ4v) is 2.24. The molecule has 6 heteroatoms. The average molecular weight is 376 g/mol. The Kier molecular flexibility index (Phi) is 5.15. The lowest BCUT2D eigenvalue weighted by Gasteiger charge is -2.20. The highest BCUT2D eigenvalue weighted by Gasteiger charge is 2.17. The number of nitrogens with zero attached hydrogens (tertiary/aromatic N) is 1. The van der Waals surface area contributed by atoms with E-state index in [0.717, 1.165) is 4.47 Å². The van der Waals surface area contributed by atoms with Crippen LogP contribution in [0.15, 0.2) is 47.2 Å². The van der Waals surface area contributed by atoms with Gasteiger partial charge in [-0.25, -0.2) is 0 Å². The quantitative estimate of drug-likeness (QED) is 0.860. The van der Waals surface area contributed by atoms with Crippen molar-refractivity contribution in [1.29, 1.82) is 0 Å². The predicted octanol–water partition coefficient (Wildman–Crippen LogP) is 3.62. The monoisotopic (exact) mass is 375 g/mol. The SMILES string of the molecule is CC(C)(C)NC(=O)c1cncc(C(=O)Nc2ccccc2Br)c1. The maximum Gasteiger partial charge on any atom is 0.257 e. The molecule has 0 fully saturated rings. The second-order valence-corrected chi connectivity index (χ2v) is 6.95. The predicted molar refractivity (Wildman–Crippen MR) is 93.6 cm³/mol. The van der Waals surface area contributed by atoms with Crippen molar-refractivity contribution in [2.45, 2.75) is 26.3 Å². The largest absolute Gasteiger partial charge is 0.347 e. The molecule has 0 aliphatic heterocycles. The van der Waals surface area contributed by atoms with Crippen LogP contribution >= 0.6 is 15.9 Å². The lowest BCUT2D eigenvalue weighted by molar-refractivity contribution is 0.0919. The minimum absolute atomic E-state index is 0.263. The lowest BCUT2D eigenvalue weighted by Crippen LogP contribution is -2.40. The van der Waals surface area contributed by atoms with Gasteiger partial charge >= 0.3 is 0 Å². The van der Waals surface area contributed by atoms with Crippen molar-refractivity contribution >= 4 is 33.4 Å². The Labute approximate surface area is 143 Å². The second kappa shape index (κ2) is 6.91. The van der Waals surface area contributed by atoms with Crippen LogP contribution in [0, 0.1) is 0 Å². The Morgan fingerprint density at radius 1 is 1.04 bits per heavy atom. The Hall–Kier alpha value is -2.21. The van der Waals surface area contributed by atoms with Gasteiger partial charge in [0.25, 0.3) is 11.8 Å². The van der Waals surface area contributed by atoms with Gasteiger partial charge in [-0.05, 0) is 54.9 Å². The molecule has 0 aliphatic carbocycles. The molecule has 1 heterocycles. The third-order valence-electron chi connectivity index (χ3n) is 2.87. The molecule has 0 atom stereocenters. The molecule has 0 spiro atoms. The zero-order valence-corrected chi connectivity index (χ0v) is 14.8. The van der Waals surface area contributed by atoms with Crippen LogP contribution in [0.1, 0.15) is 41.5 Å². The van der Waals surface area contributed by atoms with Gasteiger partial charge in [0.1, 0.15) is 0 Å². The molecule has 0 radical (unpaired) electrons. The molecule has 2 N–H and O–H groups in total. The van der Waals surface area contributed by atoms with Crippen LogP contribution in [0.25, 0.3) is 0 Å². The number of hydrogen-bond donors (Lipinski definition) is 2. The summed E-state index contributed by atoms with van der Waals surface area (Å²) in [6, 6.07) is 8.83. The Morgan fingerprint density at radius 3 is 2.26 bits per heavy atom. The molecular weight excluding hydrogens is 358 g/mol. The Bertz CT molecular complexity index is 739. The normalized spacial score (nSPS) is 11.0. The second-order valence-electron chi connectivity index (χ2n) is 6.10. The smallest absolute Gasteiger partial charge is 0.257 e. The fourth-order valence-electron chi connectivity index (χ4n) is 1.86. The molecule has 120 valence electrons. The molecule has 5 nitrogen and oxygen atoms in total. The van der Waals surface area contributed by atoms with Crippen molar-refractivity contribution < 1.29 is 9.59 Å². The number of carbonyl (C=O) groups excluding carboxylic acids is 2. The maximum atomic E-state index is 12.3. The van der Waals surface area contributed by atoms with Gasteiger partial charge < -0.3 is 10.6 Å². The number of carbonyl (C=O) groups is 2. The van der Waals surface area contributed by atoms with Gasteiger partial charge in [-0.3, -0.25) is 14.6 Å². The van der Waals surface area contributed by atoms with E-state index in [1.165, 1.54) is 18.5 Å². The van der Waals surface area contributed by atoms with Gasteiger partial charge in [0.2, 0.25) is 0 Å². The number of benzene rings is 1. The van der Waals surface area contributed by atoms with E-state index in [9.17, 15) is 9.59 Å². The summed E-state index contributed by atoms with van der Waals surface area (Å²) in [5, 5.41) is 5.63. The molecule has 0 aliphatic rings. The van der Waals surface area contributed by atoms with Gasteiger partial charge in [0.05, 0.1) is 16.8 Å². The third kappa shape index (κ3) is 4.89. The van der Waals surface area contributed by atoms with Crippen LogP contribution < -0.4 is 10.6 Å². The number of nitrogens with one attached hydrogen (secondary N) is 2. The van der Waals surface area contributed by atoms with Crippen molar-refractivity contribution in [3.05, 3.63) is 58.3 Å². The molecule has 0 unspecified atom stereocenters. The van der Waals surface area contributed by atoms with E-state index < -0.39 is 0 Å². The fraction of sp³-hybridized carbons (Fsp3) is 0.235. The van der Waals surface area contributed by atoms with Crippen LogP contribution in [-0.4, -0.2) is 22.3 Å². The minimum atomic E-state index is -0.357. The average Bonchev–Trinajstić information content (AvgIpc) is 2.48. The van der Waals surface area contributed by atoms with Crippen molar-refractivity contribution in [3.8, 4) is 0 Å². The van der Waals surface area contributed by atoms with Crippen LogP contribution in [0.4, 0.5) is 5.69 Å². The lowest BCUT2D eigenvalue weighted by atomic mass is 10.1. The van der Waals surface area contributed by atoms with Gasteiger partial charge in [-0.1, -0.05) is 12.1 Å². The molecule has 0 bridgehead atoms. The van der Waals surface area contributed by atoms with E-state index in [1.54, 1.807) is 6.07 Å². The summed E-state index contributed by atoms with van der Waals surface area (Å²) >= 11 is 3.37. The van der Waals surface area contributed by atoms with Crippen LogP contribution in [0.2, 0.25) is 0 Å². The van der Waals surface area contributed by atoms with Crippen molar-refractivity contribution in [2.24, 2.45) is 0 Å². The van der Waals surface area contributed by atoms with Crippen molar-refractivity contribution in [2.75, 3.05) is 5.32 Å². The number of hydrogen-bond acceptors (Lipinski definition) is 3. The molecule has 2 amide bonds. The molecule has 2 aromatic rings. The summed E-state index contributed by atoms with van der Waals surface area (Å²) in [5.74, 6) is -0.588. The molecule has 1 aromatic heterocycles. The van der Waals surface area contributed by atoms with Crippen LogP contribution in [-0.2, 0) is 0 Å². The molecule has 23 heavy (non-hydrogen) atoms. The van der Waals surface area contributed by atoms with E-state index in [-0.39, 0.29) is 17.4 Å². The topological polar surface area (TPSA) is 71.1 Å². The first-order valence-electron chi connectivity index (χ1n) is 7.10. The first-order chi connectivity index (χ1) is 10.8. The highest BCUT2D eigenvalue weighted by atomic mass is 79.9. The van der Waals surface area contributed by atoms with Crippen LogP contribution in [0.3, 0.4) is 0 Å². The summed E-state index contributed by atoms with van der Waals surface area (Å²) in [6.45, 7) is 5.67. The van der Waals surface area contributed by atoms with Gasteiger partial charge in [0.15, 0.2) is 0 Å². The molecule has 2 rings (SSSR count). The first kappa shape index (κ1) is 17.1. The zero-order chi connectivity index (χ0) is 17.0. The number of para-hydroxylation sites is 1. The van der Waals surface area contributed by atoms with Gasteiger partial charge in [-0.15, -0.1) is 0 Å². The number of aromatic nitrogens is 1. The summed E-state index contributed by atoms with van der Waals surface area (Å²) in [7, 11) is 0. The third-order valence-corrected chi connectivity index (χ3v) is 3.56. The van der Waals surface area contributed by atoms with E-state index >= 15 is 0 Å². The summed E-state index contributed by atoms with van der Waals surface area (Å²) < 4.78 is 0.780. The maximum absolute atomic E-state index is 12.3. The number of anilines is 1. The van der Waals surface area contributed by atoms with Gasteiger partial charge in [-0.2, -0.15) is 0 Å². The highest BCUT2D eigenvalue weighted by molar-refractivity contribution is 9.10. The van der Waals surface area contributed by atoms with Crippen LogP contribution in [0.5, 0.6) is 0 Å². The van der Waals surface area contributed by atoms with E-state index in [1.807, 2.05) is 39.0 Å². The number of pyridine rings is 1. The zero-order valence-electron chi connectivity index (χ0n) is 13.2. The number of rotatable bonds is 3. The summed E-state index contributed by atoms with van der Waals surface area (Å²) in [6.07, 6.45) is 2.87. The van der Waals surface area contributed by atoms with Crippen molar-refractivity contribution in [1.82, 2.24) is 10.3 Å². The summed E-state index contributed by atoms with van der Waals surface area (Å²) in [5.41, 5.74) is 0.966. The molecule has 0 saturated carbocycles. The van der Waals surface area contributed by atoms with Gasteiger partial charge in [0, 0.05) is 22.4 Å². The van der Waals surface area contributed by atoms with E-state index in [2.05, 4.69) is 31.5 Å².